The van der Waals surface area contributed by atoms with E-state index in [0.717, 1.165) is 96.3 Å². The van der Waals surface area contributed by atoms with Gasteiger partial charge < -0.3 is 0 Å². The summed E-state index contributed by atoms with van der Waals surface area (Å²) in [6, 6.07) is 0. The first-order valence-electron chi connectivity index (χ1n) is 15.0. The highest BCUT2D eigenvalue weighted by molar-refractivity contribution is 6.13. The highest BCUT2D eigenvalue weighted by Gasteiger charge is 2.24. The fourth-order valence-electron chi connectivity index (χ4n) is 5.56. The Hall–Kier alpha value is -3.36. The van der Waals surface area contributed by atoms with Crippen LogP contribution in [0.3, 0.4) is 0 Å². The van der Waals surface area contributed by atoms with E-state index in [1.807, 2.05) is 0 Å². The number of rotatable bonds is 21. The minimum absolute atomic E-state index is 0.212. The van der Waals surface area contributed by atoms with Crippen molar-refractivity contribution in [1.82, 2.24) is 14.7 Å². The summed E-state index contributed by atoms with van der Waals surface area (Å²) >= 11 is 0. The van der Waals surface area contributed by atoms with Gasteiger partial charge in [0.15, 0.2) is 0 Å². The van der Waals surface area contributed by atoms with E-state index in [4.69, 9.17) is 0 Å². The van der Waals surface area contributed by atoms with Crippen molar-refractivity contribution >= 4 is 35.4 Å². The lowest BCUT2D eigenvalue weighted by Gasteiger charge is -2.18. The lowest BCUT2D eigenvalue weighted by molar-refractivity contribution is -0.138. The number of hydrogen-bond donors (Lipinski definition) is 0. The molecule has 0 saturated heterocycles. The van der Waals surface area contributed by atoms with Crippen molar-refractivity contribution in [3.8, 4) is 0 Å². The van der Waals surface area contributed by atoms with Gasteiger partial charge in [-0.25, -0.2) is 0 Å². The Labute approximate surface area is 237 Å². The van der Waals surface area contributed by atoms with Gasteiger partial charge in [0, 0.05) is 56.1 Å². The molecule has 0 radical (unpaired) electrons. The summed E-state index contributed by atoms with van der Waals surface area (Å²) in [5.41, 5.74) is 0. The molecule has 0 bridgehead atoms. The molecule has 0 N–H and O–H groups in total. The first-order valence-corrected chi connectivity index (χ1v) is 15.0. The predicted molar refractivity (Wildman–Crippen MR) is 150 cm³/mol. The smallest absolute Gasteiger partial charge is 0.253 e. The fourth-order valence-corrected chi connectivity index (χ4v) is 5.56. The quantitative estimate of drug-likeness (QED) is 0.155. The number of amides is 6. The number of imide groups is 3. The van der Waals surface area contributed by atoms with Gasteiger partial charge >= 0.3 is 0 Å². The Bertz CT molecular complexity index is 848. The topological polar surface area (TPSA) is 112 Å². The average Bonchev–Trinajstić information content (AvgIpc) is 3.55. The van der Waals surface area contributed by atoms with Crippen molar-refractivity contribution in [1.29, 1.82) is 0 Å². The van der Waals surface area contributed by atoms with Crippen LogP contribution in [0.15, 0.2) is 36.5 Å². The molecule has 9 nitrogen and oxygen atoms in total. The molecular weight excluding hydrogens is 510 g/mol. The van der Waals surface area contributed by atoms with Crippen molar-refractivity contribution in [2.45, 2.75) is 96.3 Å². The molecule has 218 valence electrons. The number of carbonyl (C=O) groups excluding carboxylic acids is 6. The summed E-state index contributed by atoms with van der Waals surface area (Å²) in [6.45, 7) is 1.47. The third-order valence-corrected chi connectivity index (χ3v) is 7.93. The SMILES string of the molecule is O=C1C=CC(=O)N1CCCCCCC(CCCCCCN1C(=O)C=CC1=O)CCCCCCN1C(=O)C=CC1=O. The normalized spacial score (nSPS) is 16.9. The average molecular weight is 554 g/mol. The molecule has 0 spiro atoms. The van der Waals surface area contributed by atoms with Crippen LogP contribution in [0.5, 0.6) is 0 Å². The van der Waals surface area contributed by atoms with Crippen molar-refractivity contribution < 1.29 is 28.8 Å². The van der Waals surface area contributed by atoms with Gasteiger partial charge in [-0.3, -0.25) is 43.5 Å². The maximum absolute atomic E-state index is 11.7. The lowest BCUT2D eigenvalue weighted by Crippen LogP contribution is -2.30. The van der Waals surface area contributed by atoms with Crippen LogP contribution >= 0.6 is 0 Å². The Kier molecular flexibility index (Phi) is 13.0. The third-order valence-electron chi connectivity index (χ3n) is 7.93. The Balaban J connectivity index is 1.28. The molecule has 3 aliphatic rings. The predicted octanol–water partition coefficient (Wildman–Crippen LogP) is 4.23. The second-order valence-electron chi connectivity index (χ2n) is 11.0. The second kappa shape index (κ2) is 16.7. The summed E-state index contributed by atoms with van der Waals surface area (Å²) in [5.74, 6) is -0.633. The zero-order chi connectivity index (χ0) is 28.7. The number of nitrogens with zero attached hydrogens (tertiary/aromatic N) is 3. The summed E-state index contributed by atoms with van der Waals surface area (Å²) < 4.78 is 0. The van der Waals surface area contributed by atoms with Gasteiger partial charge in [0.2, 0.25) is 0 Å². The third kappa shape index (κ3) is 9.99. The standard InChI is InChI=1S/C31H43N3O6/c35-26-16-17-27(36)32(26)22-10-4-1-7-13-25(14-8-2-5-11-23-33-28(37)18-19-29(33)38)15-9-3-6-12-24-34-30(39)20-21-31(34)40/h16-21,25H,1-15,22-24H2. The number of carbonyl (C=O) groups is 6. The van der Waals surface area contributed by atoms with E-state index in [9.17, 15) is 28.8 Å². The van der Waals surface area contributed by atoms with Gasteiger partial charge in [0.1, 0.15) is 0 Å². The first-order chi connectivity index (χ1) is 19.4. The van der Waals surface area contributed by atoms with Crippen LogP contribution in [-0.4, -0.2) is 69.8 Å². The number of hydrogen-bond acceptors (Lipinski definition) is 6. The van der Waals surface area contributed by atoms with Crippen LogP contribution in [0.1, 0.15) is 96.3 Å². The summed E-state index contributed by atoms with van der Waals surface area (Å²) in [5, 5.41) is 0. The van der Waals surface area contributed by atoms with Gasteiger partial charge in [-0.1, -0.05) is 77.0 Å². The highest BCUT2D eigenvalue weighted by Crippen LogP contribution is 2.24. The van der Waals surface area contributed by atoms with Crippen LogP contribution < -0.4 is 0 Å². The lowest BCUT2D eigenvalue weighted by atomic mass is 9.89. The molecule has 6 amide bonds. The monoisotopic (exact) mass is 553 g/mol. The molecule has 0 aromatic carbocycles. The summed E-state index contributed by atoms with van der Waals surface area (Å²) in [4.78, 5) is 73.9. The van der Waals surface area contributed by atoms with E-state index in [0.29, 0.717) is 25.6 Å². The molecule has 3 heterocycles. The molecule has 40 heavy (non-hydrogen) atoms. The van der Waals surface area contributed by atoms with Crippen LogP contribution in [0, 0.1) is 5.92 Å². The van der Waals surface area contributed by atoms with Crippen LogP contribution in [-0.2, 0) is 28.8 Å². The highest BCUT2D eigenvalue weighted by atomic mass is 16.2. The molecule has 0 aromatic heterocycles. The van der Waals surface area contributed by atoms with Crippen LogP contribution in [0.4, 0.5) is 0 Å². The first kappa shape index (κ1) is 31.2. The number of unbranched alkanes of at least 4 members (excludes halogenated alkanes) is 9. The van der Waals surface area contributed by atoms with E-state index in [2.05, 4.69) is 0 Å². The van der Waals surface area contributed by atoms with Crippen molar-refractivity contribution in [3.63, 3.8) is 0 Å². The Morgan fingerprint density at radius 2 is 0.575 bits per heavy atom. The zero-order valence-corrected chi connectivity index (χ0v) is 23.6. The van der Waals surface area contributed by atoms with Gasteiger partial charge in [0.25, 0.3) is 35.4 Å². The van der Waals surface area contributed by atoms with Crippen LogP contribution in [0.25, 0.3) is 0 Å². The molecule has 3 aliphatic heterocycles. The molecule has 0 aliphatic carbocycles. The molecule has 0 unspecified atom stereocenters. The van der Waals surface area contributed by atoms with E-state index in [-0.39, 0.29) is 35.4 Å². The maximum atomic E-state index is 11.7. The maximum Gasteiger partial charge on any atom is 0.253 e. The Morgan fingerprint density at radius 3 is 0.825 bits per heavy atom. The van der Waals surface area contributed by atoms with E-state index < -0.39 is 0 Å². The van der Waals surface area contributed by atoms with Crippen LogP contribution in [0.2, 0.25) is 0 Å². The van der Waals surface area contributed by atoms with Crippen molar-refractivity contribution in [3.05, 3.63) is 36.5 Å². The second-order valence-corrected chi connectivity index (χ2v) is 11.0. The van der Waals surface area contributed by atoms with Gasteiger partial charge in [0.05, 0.1) is 0 Å². The van der Waals surface area contributed by atoms with Crippen molar-refractivity contribution in [2.75, 3.05) is 19.6 Å². The molecule has 0 saturated carbocycles. The van der Waals surface area contributed by atoms with Gasteiger partial charge in [-0.05, 0) is 25.2 Å². The molecule has 3 rings (SSSR count). The molecule has 0 aromatic rings. The van der Waals surface area contributed by atoms with Gasteiger partial charge in [-0.15, -0.1) is 0 Å². The molecule has 9 heteroatoms. The Morgan fingerprint density at radius 1 is 0.350 bits per heavy atom. The fraction of sp³-hybridized carbons (Fsp3) is 0.613. The minimum atomic E-state index is -0.212. The van der Waals surface area contributed by atoms with Crippen molar-refractivity contribution in [2.24, 2.45) is 5.92 Å². The molecule has 0 atom stereocenters. The zero-order valence-electron chi connectivity index (χ0n) is 23.6. The van der Waals surface area contributed by atoms with E-state index in [1.165, 1.54) is 51.2 Å². The summed E-state index contributed by atoms with van der Waals surface area (Å²) in [7, 11) is 0. The minimum Gasteiger partial charge on any atom is -0.275 e. The molecule has 0 fully saturated rings. The molecular formula is C31H43N3O6. The van der Waals surface area contributed by atoms with E-state index in [1.54, 1.807) is 0 Å². The van der Waals surface area contributed by atoms with E-state index >= 15 is 0 Å². The summed E-state index contributed by atoms with van der Waals surface area (Å²) in [6.07, 6.45) is 23.6. The van der Waals surface area contributed by atoms with Gasteiger partial charge in [-0.2, -0.15) is 0 Å². The largest absolute Gasteiger partial charge is 0.275 e.